The fourth-order valence-corrected chi connectivity index (χ4v) is 2.38. The van der Waals surface area contributed by atoms with Gasteiger partial charge in [0.25, 0.3) is 5.91 Å². The van der Waals surface area contributed by atoms with Gasteiger partial charge in [-0.1, -0.05) is 13.8 Å². The van der Waals surface area contributed by atoms with Crippen LogP contribution in [-0.2, 0) is 14.3 Å². The molecule has 1 aromatic heterocycles. The molecule has 0 aliphatic heterocycles. The summed E-state index contributed by atoms with van der Waals surface area (Å²) in [5.41, 5.74) is 0.154. The van der Waals surface area contributed by atoms with Gasteiger partial charge in [0.2, 0.25) is 5.91 Å². The van der Waals surface area contributed by atoms with Crippen LogP contribution in [0.3, 0.4) is 0 Å². The van der Waals surface area contributed by atoms with Gasteiger partial charge in [0.05, 0.1) is 7.11 Å². The van der Waals surface area contributed by atoms with Crippen molar-refractivity contribution in [3.8, 4) is 0 Å². The molecule has 1 unspecified atom stereocenters. The number of hydrogen-bond donors (Lipinski definition) is 2. The van der Waals surface area contributed by atoms with Crippen LogP contribution < -0.4 is 10.6 Å². The number of carbonyl (C=O) groups is 3. The van der Waals surface area contributed by atoms with Gasteiger partial charge in [-0.25, -0.2) is 9.78 Å². The first-order valence-corrected chi connectivity index (χ1v) is 7.33. The number of hydrogen-bond acceptors (Lipinski definition) is 6. The van der Waals surface area contributed by atoms with E-state index in [1.165, 1.54) is 19.4 Å². The van der Waals surface area contributed by atoms with Gasteiger partial charge in [0.15, 0.2) is 5.13 Å². The number of amides is 2. The molecule has 1 aromatic rings. The number of thiazole rings is 1. The molecule has 0 saturated heterocycles. The number of esters is 1. The van der Waals surface area contributed by atoms with Gasteiger partial charge in [-0.3, -0.25) is 9.59 Å². The summed E-state index contributed by atoms with van der Waals surface area (Å²) in [6, 6.07) is -0.714. The number of anilines is 1. The molecule has 0 saturated carbocycles. The number of methoxy groups -OCH3 is 1. The number of ether oxygens (including phenoxy) is 1. The van der Waals surface area contributed by atoms with E-state index in [1.807, 2.05) is 13.8 Å². The average Bonchev–Trinajstić information content (AvgIpc) is 2.84. The molecule has 0 aromatic carbocycles. The molecule has 2 N–H and O–H groups in total. The van der Waals surface area contributed by atoms with Crippen LogP contribution in [0.2, 0.25) is 0 Å². The van der Waals surface area contributed by atoms with E-state index in [0.717, 1.165) is 11.3 Å². The lowest BCUT2D eigenvalue weighted by molar-refractivity contribution is -0.143. The second-order valence-electron chi connectivity index (χ2n) is 4.90. The van der Waals surface area contributed by atoms with Crippen LogP contribution in [0.5, 0.6) is 0 Å². The number of carbonyl (C=O) groups excluding carboxylic acids is 3. The Kier molecular flexibility index (Phi) is 6.29. The zero-order valence-corrected chi connectivity index (χ0v) is 13.2. The van der Waals surface area contributed by atoms with Crippen LogP contribution in [0.25, 0.3) is 0 Å². The molecule has 0 spiro atoms. The third-order valence-corrected chi connectivity index (χ3v) is 3.28. The number of nitrogens with one attached hydrogen (secondary N) is 2. The summed E-state index contributed by atoms with van der Waals surface area (Å²) in [5.74, 6) is -1.00. The zero-order chi connectivity index (χ0) is 16.0. The van der Waals surface area contributed by atoms with Crippen molar-refractivity contribution in [3.05, 3.63) is 11.1 Å². The van der Waals surface area contributed by atoms with Crippen LogP contribution in [0.4, 0.5) is 5.13 Å². The third-order valence-electron chi connectivity index (χ3n) is 2.52. The summed E-state index contributed by atoms with van der Waals surface area (Å²) in [7, 11) is 1.28. The molecule has 0 bridgehead atoms. The summed E-state index contributed by atoms with van der Waals surface area (Å²) in [6.07, 6.45) is 0.473. The van der Waals surface area contributed by atoms with Gasteiger partial charge in [-0.15, -0.1) is 11.3 Å². The Morgan fingerprint density at radius 1 is 1.38 bits per heavy atom. The first-order chi connectivity index (χ1) is 9.83. The molecular formula is C13H19N3O4S. The SMILES string of the molecule is COC(=O)C(CC(C)C)NC(=O)c1csc(NC(C)=O)n1. The number of aromatic nitrogens is 1. The second kappa shape index (κ2) is 7.72. The maximum Gasteiger partial charge on any atom is 0.328 e. The Hall–Kier alpha value is -1.96. The highest BCUT2D eigenvalue weighted by Gasteiger charge is 2.24. The summed E-state index contributed by atoms with van der Waals surface area (Å²) in [4.78, 5) is 38.6. The van der Waals surface area contributed by atoms with Crippen molar-refractivity contribution >= 4 is 34.3 Å². The van der Waals surface area contributed by atoms with Crippen molar-refractivity contribution in [2.75, 3.05) is 12.4 Å². The van der Waals surface area contributed by atoms with Crippen LogP contribution in [0, 0.1) is 5.92 Å². The van der Waals surface area contributed by atoms with E-state index < -0.39 is 17.9 Å². The normalized spacial score (nSPS) is 11.9. The van der Waals surface area contributed by atoms with E-state index in [-0.39, 0.29) is 17.5 Å². The predicted molar refractivity (Wildman–Crippen MR) is 79.1 cm³/mol. The topological polar surface area (TPSA) is 97.4 Å². The maximum absolute atomic E-state index is 12.1. The van der Waals surface area contributed by atoms with E-state index in [9.17, 15) is 14.4 Å². The van der Waals surface area contributed by atoms with Crippen molar-refractivity contribution in [3.63, 3.8) is 0 Å². The van der Waals surface area contributed by atoms with E-state index in [4.69, 9.17) is 0 Å². The Balaban J connectivity index is 2.74. The summed E-state index contributed by atoms with van der Waals surface area (Å²) < 4.78 is 4.68. The van der Waals surface area contributed by atoms with Gasteiger partial charge >= 0.3 is 5.97 Å². The molecule has 1 rings (SSSR count). The minimum atomic E-state index is -0.714. The van der Waals surface area contributed by atoms with E-state index in [2.05, 4.69) is 20.4 Å². The molecule has 2 amide bonds. The van der Waals surface area contributed by atoms with Gasteiger partial charge < -0.3 is 15.4 Å². The van der Waals surface area contributed by atoms with Crippen molar-refractivity contribution < 1.29 is 19.1 Å². The highest BCUT2D eigenvalue weighted by Crippen LogP contribution is 2.16. The molecule has 0 radical (unpaired) electrons. The largest absolute Gasteiger partial charge is 0.467 e. The Labute approximate surface area is 127 Å². The molecule has 21 heavy (non-hydrogen) atoms. The van der Waals surface area contributed by atoms with Crippen molar-refractivity contribution in [2.24, 2.45) is 5.92 Å². The fraction of sp³-hybridized carbons (Fsp3) is 0.538. The lowest BCUT2D eigenvalue weighted by atomic mass is 10.0. The Morgan fingerprint density at radius 2 is 2.05 bits per heavy atom. The van der Waals surface area contributed by atoms with Gasteiger partial charge in [0, 0.05) is 12.3 Å². The third kappa shape index (κ3) is 5.50. The van der Waals surface area contributed by atoms with Gasteiger partial charge in [-0.05, 0) is 12.3 Å². The van der Waals surface area contributed by atoms with Crippen molar-refractivity contribution in [1.29, 1.82) is 0 Å². The average molecular weight is 313 g/mol. The van der Waals surface area contributed by atoms with Crippen molar-refractivity contribution in [1.82, 2.24) is 10.3 Å². The van der Waals surface area contributed by atoms with E-state index >= 15 is 0 Å². The Bertz CT molecular complexity index is 527. The molecule has 8 heteroatoms. The quantitative estimate of drug-likeness (QED) is 0.774. The molecule has 0 fully saturated rings. The van der Waals surface area contributed by atoms with Crippen LogP contribution >= 0.6 is 11.3 Å². The first-order valence-electron chi connectivity index (χ1n) is 6.45. The number of rotatable bonds is 6. The highest BCUT2D eigenvalue weighted by molar-refractivity contribution is 7.14. The fourth-order valence-electron chi connectivity index (χ4n) is 1.65. The van der Waals surface area contributed by atoms with Crippen LogP contribution in [-0.4, -0.2) is 35.9 Å². The Morgan fingerprint density at radius 3 is 2.57 bits per heavy atom. The lowest BCUT2D eigenvalue weighted by Gasteiger charge is -2.17. The summed E-state index contributed by atoms with van der Waals surface area (Å²) in [5, 5.41) is 6.95. The second-order valence-corrected chi connectivity index (χ2v) is 5.76. The molecule has 0 aliphatic carbocycles. The molecule has 1 atom stereocenters. The first kappa shape index (κ1) is 17.1. The minimum Gasteiger partial charge on any atom is -0.467 e. The number of nitrogens with zero attached hydrogens (tertiary/aromatic N) is 1. The standard InChI is InChI=1S/C13H19N3O4S/c1-7(2)5-9(12(19)20-4)15-11(18)10-6-21-13(16-10)14-8(3)17/h6-7,9H,5H2,1-4H3,(H,15,18)(H,14,16,17). The monoisotopic (exact) mass is 313 g/mol. The van der Waals surface area contributed by atoms with Crippen LogP contribution in [0.1, 0.15) is 37.7 Å². The molecular weight excluding hydrogens is 294 g/mol. The molecule has 7 nitrogen and oxygen atoms in total. The van der Waals surface area contributed by atoms with E-state index in [0.29, 0.717) is 11.6 Å². The van der Waals surface area contributed by atoms with Gasteiger partial charge in [-0.2, -0.15) is 0 Å². The predicted octanol–water partition coefficient (Wildman–Crippen LogP) is 1.42. The molecule has 0 aliphatic rings. The molecule has 1 heterocycles. The van der Waals surface area contributed by atoms with Crippen LogP contribution in [0.15, 0.2) is 5.38 Å². The molecule has 116 valence electrons. The van der Waals surface area contributed by atoms with Gasteiger partial charge in [0.1, 0.15) is 11.7 Å². The summed E-state index contributed by atoms with van der Waals surface area (Å²) in [6.45, 7) is 5.25. The smallest absolute Gasteiger partial charge is 0.328 e. The minimum absolute atomic E-state index is 0.154. The van der Waals surface area contributed by atoms with E-state index in [1.54, 1.807) is 0 Å². The zero-order valence-electron chi connectivity index (χ0n) is 12.4. The lowest BCUT2D eigenvalue weighted by Crippen LogP contribution is -2.42. The highest BCUT2D eigenvalue weighted by atomic mass is 32.1. The van der Waals surface area contributed by atoms with Crippen molar-refractivity contribution in [2.45, 2.75) is 33.2 Å². The maximum atomic E-state index is 12.1. The summed E-state index contributed by atoms with van der Waals surface area (Å²) >= 11 is 1.14.